The molecule has 1 aliphatic carbocycles. The molecule has 3 heteroatoms. The van der Waals surface area contributed by atoms with Crippen molar-refractivity contribution >= 4 is 0 Å². The predicted octanol–water partition coefficient (Wildman–Crippen LogP) is 2.47. The summed E-state index contributed by atoms with van der Waals surface area (Å²) in [5, 5.41) is 8.04. The first-order valence-electron chi connectivity index (χ1n) is 6.68. The van der Waals surface area contributed by atoms with E-state index >= 15 is 0 Å². The van der Waals surface area contributed by atoms with Crippen LogP contribution in [0.25, 0.3) is 0 Å². The van der Waals surface area contributed by atoms with Gasteiger partial charge in [-0.3, -0.25) is 4.68 Å². The number of nitrogens with one attached hydrogen (secondary N) is 1. The van der Waals surface area contributed by atoms with E-state index in [1.165, 1.54) is 50.6 Å². The van der Waals surface area contributed by atoms with Gasteiger partial charge in [0.1, 0.15) is 0 Å². The molecule has 0 amide bonds. The van der Waals surface area contributed by atoms with E-state index in [0.29, 0.717) is 12.0 Å². The van der Waals surface area contributed by atoms with E-state index in [4.69, 9.17) is 0 Å². The highest BCUT2D eigenvalue weighted by molar-refractivity contribution is 5.13. The second kappa shape index (κ2) is 4.58. The zero-order chi connectivity index (χ0) is 10.8. The van der Waals surface area contributed by atoms with Gasteiger partial charge >= 0.3 is 0 Å². The van der Waals surface area contributed by atoms with Gasteiger partial charge in [-0.05, 0) is 43.7 Å². The number of nitrogens with zero attached hydrogens (tertiary/aromatic N) is 2. The van der Waals surface area contributed by atoms with Crippen molar-refractivity contribution in [2.75, 3.05) is 13.1 Å². The van der Waals surface area contributed by atoms with Gasteiger partial charge in [0.25, 0.3) is 0 Å². The second-order valence-electron chi connectivity index (χ2n) is 5.24. The van der Waals surface area contributed by atoms with Gasteiger partial charge in [-0.25, -0.2) is 0 Å². The van der Waals surface area contributed by atoms with Crippen molar-refractivity contribution in [3.63, 3.8) is 0 Å². The quantitative estimate of drug-likeness (QED) is 0.828. The number of rotatable bonds is 2. The lowest BCUT2D eigenvalue weighted by atomic mass is 9.94. The number of hydrogen-bond acceptors (Lipinski definition) is 2. The topological polar surface area (TPSA) is 29.9 Å². The molecule has 3 nitrogen and oxygen atoms in total. The van der Waals surface area contributed by atoms with Crippen LogP contribution in [0.3, 0.4) is 0 Å². The van der Waals surface area contributed by atoms with E-state index in [-0.39, 0.29) is 0 Å². The zero-order valence-electron chi connectivity index (χ0n) is 9.86. The first-order valence-corrected chi connectivity index (χ1v) is 6.68. The van der Waals surface area contributed by atoms with Crippen LogP contribution in [0.15, 0.2) is 12.4 Å². The van der Waals surface area contributed by atoms with E-state index in [1.54, 1.807) is 0 Å². The summed E-state index contributed by atoms with van der Waals surface area (Å²) in [6.45, 7) is 2.32. The molecule has 0 bridgehead atoms. The Bertz CT molecular complexity index is 333. The van der Waals surface area contributed by atoms with Gasteiger partial charge in [0.15, 0.2) is 0 Å². The third-order valence-corrected chi connectivity index (χ3v) is 4.09. The first-order chi connectivity index (χ1) is 7.93. The predicted molar refractivity (Wildman–Crippen MR) is 64.6 cm³/mol. The van der Waals surface area contributed by atoms with E-state index in [1.807, 2.05) is 0 Å². The third-order valence-electron chi connectivity index (χ3n) is 4.09. The van der Waals surface area contributed by atoms with Gasteiger partial charge in [-0.15, -0.1) is 0 Å². The summed E-state index contributed by atoms with van der Waals surface area (Å²) in [5.41, 5.74) is 1.44. The number of aromatic nitrogens is 2. The van der Waals surface area contributed by atoms with Crippen molar-refractivity contribution in [3.8, 4) is 0 Å². The fourth-order valence-corrected chi connectivity index (χ4v) is 3.07. The summed E-state index contributed by atoms with van der Waals surface area (Å²) in [6, 6.07) is 0.685. The lowest BCUT2D eigenvalue weighted by Gasteiger charge is -2.21. The molecule has 0 radical (unpaired) electrons. The van der Waals surface area contributed by atoms with Crippen molar-refractivity contribution in [2.24, 2.45) is 0 Å². The Morgan fingerprint density at radius 3 is 2.81 bits per heavy atom. The summed E-state index contributed by atoms with van der Waals surface area (Å²) < 4.78 is 2.22. The lowest BCUT2D eigenvalue weighted by molar-refractivity contribution is 0.454. The average Bonchev–Trinajstić information content (AvgIpc) is 3.01. The second-order valence-corrected chi connectivity index (χ2v) is 5.24. The normalized spacial score (nSPS) is 27.4. The van der Waals surface area contributed by atoms with Crippen LogP contribution in [0.2, 0.25) is 0 Å². The molecule has 0 aromatic carbocycles. The minimum absolute atomic E-state index is 0.685. The van der Waals surface area contributed by atoms with Crippen LogP contribution >= 0.6 is 0 Å². The lowest BCUT2D eigenvalue weighted by Crippen LogP contribution is -2.28. The Morgan fingerprint density at radius 2 is 2.06 bits per heavy atom. The van der Waals surface area contributed by atoms with Gasteiger partial charge in [0.2, 0.25) is 0 Å². The van der Waals surface area contributed by atoms with Gasteiger partial charge in [-0.1, -0.05) is 12.8 Å². The maximum atomic E-state index is 4.56. The summed E-state index contributed by atoms with van der Waals surface area (Å²) in [4.78, 5) is 0. The van der Waals surface area contributed by atoms with Crippen molar-refractivity contribution in [1.29, 1.82) is 0 Å². The van der Waals surface area contributed by atoms with Crippen molar-refractivity contribution < 1.29 is 0 Å². The fraction of sp³-hybridized carbons (Fsp3) is 0.769. The Balaban J connectivity index is 1.71. The molecular weight excluding hydrogens is 198 g/mol. The summed E-state index contributed by atoms with van der Waals surface area (Å²) in [5.74, 6) is 0.698. The van der Waals surface area contributed by atoms with E-state index in [9.17, 15) is 0 Å². The van der Waals surface area contributed by atoms with Crippen molar-refractivity contribution in [3.05, 3.63) is 18.0 Å². The minimum atomic E-state index is 0.685. The third kappa shape index (κ3) is 2.01. The summed E-state index contributed by atoms with van der Waals surface area (Å²) in [6.07, 6.45) is 12.4. The molecule has 1 aromatic rings. The van der Waals surface area contributed by atoms with Crippen LogP contribution in [0, 0.1) is 0 Å². The molecule has 1 saturated carbocycles. The molecule has 1 atom stereocenters. The molecule has 3 rings (SSSR count). The first kappa shape index (κ1) is 10.3. The highest BCUT2D eigenvalue weighted by Gasteiger charge is 2.20. The summed E-state index contributed by atoms with van der Waals surface area (Å²) >= 11 is 0. The maximum Gasteiger partial charge on any atom is 0.0525 e. The van der Waals surface area contributed by atoms with Crippen LogP contribution in [0.4, 0.5) is 0 Å². The van der Waals surface area contributed by atoms with Gasteiger partial charge < -0.3 is 5.32 Å². The van der Waals surface area contributed by atoms with E-state index < -0.39 is 0 Å². The highest BCUT2D eigenvalue weighted by atomic mass is 15.3. The molecule has 2 heterocycles. The van der Waals surface area contributed by atoms with E-state index in [2.05, 4.69) is 27.5 Å². The Hall–Kier alpha value is -0.830. The highest BCUT2D eigenvalue weighted by Crippen LogP contribution is 2.30. The van der Waals surface area contributed by atoms with Crippen LogP contribution in [-0.2, 0) is 0 Å². The molecule has 16 heavy (non-hydrogen) atoms. The average molecular weight is 219 g/mol. The molecule has 1 N–H and O–H groups in total. The monoisotopic (exact) mass is 219 g/mol. The largest absolute Gasteiger partial charge is 0.316 e. The SMILES string of the molecule is c1nn(C2CCCC2)cc1C1CCCNC1. The molecule has 1 aliphatic heterocycles. The summed E-state index contributed by atoms with van der Waals surface area (Å²) in [7, 11) is 0. The Morgan fingerprint density at radius 1 is 1.19 bits per heavy atom. The maximum absolute atomic E-state index is 4.56. The molecule has 1 saturated heterocycles. The molecular formula is C13H21N3. The Kier molecular flexibility index (Phi) is 2.96. The number of piperidine rings is 1. The smallest absolute Gasteiger partial charge is 0.0525 e. The molecule has 0 spiro atoms. The van der Waals surface area contributed by atoms with Gasteiger partial charge in [0, 0.05) is 12.7 Å². The van der Waals surface area contributed by atoms with Crippen LogP contribution in [-0.4, -0.2) is 22.9 Å². The fourth-order valence-electron chi connectivity index (χ4n) is 3.07. The van der Waals surface area contributed by atoms with Crippen LogP contribution in [0.5, 0.6) is 0 Å². The molecule has 2 aliphatic rings. The van der Waals surface area contributed by atoms with Crippen molar-refractivity contribution in [1.82, 2.24) is 15.1 Å². The minimum Gasteiger partial charge on any atom is -0.316 e. The van der Waals surface area contributed by atoms with Crippen LogP contribution < -0.4 is 5.32 Å². The van der Waals surface area contributed by atoms with E-state index in [0.717, 1.165) is 6.54 Å². The van der Waals surface area contributed by atoms with Crippen LogP contribution in [0.1, 0.15) is 56.0 Å². The molecule has 1 aromatic heterocycles. The molecule has 88 valence electrons. The standard InChI is InChI=1S/C13H21N3/c1-2-6-13(5-1)16-10-12(9-15-16)11-4-3-7-14-8-11/h9-11,13-14H,1-8H2. The van der Waals surface area contributed by atoms with Gasteiger partial charge in [-0.2, -0.15) is 5.10 Å². The van der Waals surface area contributed by atoms with Crippen molar-refractivity contribution in [2.45, 2.75) is 50.5 Å². The number of hydrogen-bond donors (Lipinski definition) is 1. The zero-order valence-corrected chi connectivity index (χ0v) is 9.86. The van der Waals surface area contributed by atoms with Gasteiger partial charge in [0.05, 0.1) is 12.2 Å². The molecule has 1 unspecified atom stereocenters. The Labute approximate surface area is 97.2 Å². The molecule has 2 fully saturated rings.